The van der Waals surface area contributed by atoms with Crippen molar-refractivity contribution >= 4 is 28.9 Å². The van der Waals surface area contributed by atoms with E-state index >= 15 is 0 Å². The highest BCUT2D eigenvalue weighted by Gasteiger charge is 2.10. The topological polar surface area (TPSA) is 41.5 Å². The molecule has 2 aromatic carbocycles. The van der Waals surface area contributed by atoms with E-state index in [-0.39, 0.29) is 5.92 Å². The van der Waals surface area contributed by atoms with E-state index in [0.29, 0.717) is 27.2 Å². The zero-order valence-corrected chi connectivity index (χ0v) is 12.7. The Labute approximate surface area is 128 Å². The molecule has 0 aliphatic carbocycles. The van der Waals surface area contributed by atoms with Gasteiger partial charge in [-0.3, -0.25) is 10.7 Å². The summed E-state index contributed by atoms with van der Waals surface area (Å²) in [7, 11) is 0. The Hall–Kier alpha value is -1.42. The second kappa shape index (κ2) is 6.35. The normalized spacial score (nSPS) is 10.7. The number of hydrogen-bond acceptors (Lipinski definition) is 3. The third kappa shape index (κ3) is 3.37. The molecule has 0 bridgehead atoms. The summed E-state index contributed by atoms with van der Waals surface area (Å²) in [4.78, 5) is 0. The van der Waals surface area contributed by atoms with Gasteiger partial charge in [0.2, 0.25) is 0 Å². The van der Waals surface area contributed by atoms with Gasteiger partial charge in [0.25, 0.3) is 0 Å². The lowest BCUT2D eigenvalue weighted by molar-refractivity contribution is 0.387. The maximum atomic E-state index is 9.10. The molecule has 0 radical (unpaired) electrons. The first-order chi connectivity index (χ1) is 9.51. The molecule has 0 atom stereocenters. The minimum atomic E-state index is 0.244. The zero-order chi connectivity index (χ0) is 14.7. The number of ether oxygens (including phenoxy) is 1. The fourth-order valence-electron chi connectivity index (χ4n) is 1.87. The van der Waals surface area contributed by atoms with Crippen molar-refractivity contribution in [2.45, 2.75) is 19.8 Å². The van der Waals surface area contributed by atoms with Gasteiger partial charge in [0.15, 0.2) is 0 Å². The quantitative estimate of drug-likeness (QED) is 0.710. The average Bonchev–Trinajstić information content (AvgIpc) is 2.41. The Kier molecular flexibility index (Phi) is 4.76. The van der Waals surface area contributed by atoms with E-state index in [2.05, 4.69) is 5.48 Å². The molecule has 2 rings (SSSR count). The van der Waals surface area contributed by atoms with E-state index in [0.717, 1.165) is 5.56 Å². The SMILES string of the molecule is CC(C)c1cc(Oc2ccc(Cl)cc2Cl)ccc1NO. The summed E-state index contributed by atoms with van der Waals surface area (Å²) >= 11 is 11.9. The highest BCUT2D eigenvalue weighted by Crippen LogP contribution is 2.34. The zero-order valence-electron chi connectivity index (χ0n) is 11.2. The first-order valence-corrected chi connectivity index (χ1v) is 6.94. The molecule has 0 fully saturated rings. The van der Waals surface area contributed by atoms with Crippen molar-refractivity contribution in [3.05, 3.63) is 52.0 Å². The molecule has 0 heterocycles. The van der Waals surface area contributed by atoms with E-state index in [1.54, 1.807) is 30.3 Å². The Morgan fingerprint density at radius 1 is 1.10 bits per heavy atom. The van der Waals surface area contributed by atoms with Crippen LogP contribution < -0.4 is 10.2 Å². The molecular weight excluding hydrogens is 297 g/mol. The summed E-state index contributed by atoms with van der Waals surface area (Å²) in [5, 5.41) is 10.1. The minimum absolute atomic E-state index is 0.244. The molecule has 2 aromatic rings. The molecule has 0 spiro atoms. The largest absolute Gasteiger partial charge is 0.456 e. The standard InChI is InChI=1S/C15H15Cl2NO2/c1-9(2)12-8-11(4-5-14(12)18-19)20-15-6-3-10(16)7-13(15)17/h3-9,18-19H,1-2H3. The Morgan fingerprint density at radius 3 is 2.45 bits per heavy atom. The highest BCUT2D eigenvalue weighted by atomic mass is 35.5. The lowest BCUT2D eigenvalue weighted by Crippen LogP contribution is -1.98. The lowest BCUT2D eigenvalue weighted by atomic mass is 10.0. The van der Waals surface area contributed by atoms with Crippen LogP contribution in [0.15, 0.2) is 36.4 Å². The number of halogens is 2. The van der Waals surface area contributed by atoms with E-state index in [1.165, 1.54) is 0 Å². The van der Waals surface area contributed by atoms with Crippen molar-refractivity contribution in [1.29, 1.82) is 0 Å². The lowest BCUT2D eigenvalue weighted by Gasteiger charge is -2.14. The smallest absolute Gasteiger partial charge is 0.146 e. The molecule has 0 amide bonds. The highest BCUT2D eigenvalue weighted by molar-refractivity contribution is 6.35. The van der Waals surface area contributed by atoms with Crippen molar-refractivity contribution in [3.63, 3.8) is 0 Å². The monoisotopic (exact) mass is 311 g/mol. The Morgan fingerprint density at radius 2 is 1.85 bits per heavy atom. The summed E-state index contributed by atoms with van der Waals surface area (Å²) in [5.74, 6) is 1.43. The molecule has 20 heavy (non-hydrogen) atoms. The first kappa shape index (κ1) is 15.0. The van der Waals surface area contributed by atoms with Gasteiger partial charge in [-0.05, 0) is 47.9 Å². The summed E-state index contributed by atoms with van der Waals surface area (Å²) in [5.41, 5.74) is 3.80. The number of nitrogens with one attached hydrogen (secondary N) is 1. The summed E-state index contributed by atoms with van der Waals surface area (Å²) in [6, 6.07) is 10.5. The van der Waals surface area contributed by atoms with Crippen LogP contribution in [0.1, 0.15) is 25.3 Å². The van der Waals surface area contributed by atoms with Gasteiger partial charge in [0.1, 0.15) is 11.5 Å². The van der Waals surface area contributed by atoms with Crippen molar-refractivity contribution in [1.82, 2.24) is 0 Å². The second-order valence-corrected chi connectivity index (χ2v) is 5.54. The molecule has 0 aliphatic heterocycles. The van der Waals surface area contributed by atoms with Gasteiger partial charge in [0.05, 0.1) is 10.7 Å². The van der Waals surface area contributed by atoms with Crippen molar-refractivity contribution in [2.24, 2.45) is 0 Å². The van der Waals surface area contributed by atoms with Crippen LogP contribution in [0.5, 0.6) is 11.5 Å². The molecule has 0 aromatic heterocycles. The van der Waals surface area contributed by atoms with Crippen LogP contribution in [-0.4, -0.2) is 5.21 Å². The fraction of sp³-hybridized carbons (Fsp3) is 0.200. The van der Waals surface area contributed by atoms with Crippen LogP contribution in [-0.2, 0) is 0 Å². The van der Waals surface area contributed by atoms with E-state index < -0.39 is 0 Å². The number of anilines is 1. The van der Waals surface area contributed by atoms with Gasteiger partial charge in [-0.15, -0.1) is 0 Å². The minimum Gasteiger partial charge on any atom is -0.456 e. The summed E-state index contributed by atoms with van der Waals surface area (Å²) in [6.45, 7) is 4.07. The predicted molar refractivity (Wildman–Crippen MR) is 82.5 cm³/mol. The van der Waals surface area contributed by atoms with Crippen LogP contribution in [0.25, 0.3) is 0 Å². The molecule has 3 nitrogen and oxygen atoms in total. The second-order valence-electron chi connectivity index (χ2n) is 4.69. The molecule has 0 saturated carbocycles. The molecular formula is C15H15Cl2NO2. The summed E-state index contributed by atoms with van der Waals surface area (Å²) < 4.78 is 5.75. The number of rotatable bonds is 4. The molecule has 5 heteroatoms. The maximum Gasteiger partial charge on any atom is 0.146 e. The molecule has 0 aliphatic rings. The molecule has 106 valence electrons. The maximum absolute atomic E-state index is 9.10. The van der Waals surface area contributed by atoms with E-state index in [9.17, 15) is 0 Å². The van der Waals surface area contributed by atoms with Crippen molar-refractivity contribution in [2.75, 3.05) is 5.48 Å². The Bertz CT molecular complexity index is 615. The fourth-order valence-corrected chi connectivity index (χ4v) is 2.32. The van der Waals surface area contributed by atoms with Gasteiger partial charge < -0.3 is 4.74 Å². The first-order valence-electron chi connectivity index (χ1n) is 6.18. The summed E-state index contributed by atoms with van der Waals surface area (Å²) in [6.07, 6.45) is 0. The van der Waals surface area contributed by atoms with Crippen LogP contribution in [0, 0.1) is 0 Å². The average molecular weight is 312 g/mol. The Balaban J connectivity index is 2.32. The van der Waals surface area contributed by atoms with Crippen molar-refractivity contribution in [3.8, 4) is 11.5 Å². The van der Waals surface area contributed by atoms with Crippen LogP contribution in [0.3, 0.4) is 0 Å². The van der Waals surface area contributed by atoms with Crippen LogP contribution in [0.4, 0.5) is 5.69 Å². The van der Waals surface area contributed by atoms with Gasteiger partial charge in [-0.2, -0.15) is 0 Å². The van der Waals surface area contributed by atoms with Gasteiger partial charge >= 0.3 is 0 Å². The predicted octanol–water partition coefficient (Wildman–Crippen LogP) is 5.71. The molecule has 2 N–H and O–H groups in total. The van der Waals surface area contributed by atoms with Crippen LogP contribution in [0.2, 0.25) is 10.0 Å². The van der Waals surface area contributed by atoms with Crippen LogP contribution >= 0.6 is 23.2 Å². The van der Waals surface area contributed by atoms with Gasteiger partial charge in [0, 0.05) is 5.02 Å². The number of benzene rings is 2. The third-order valence-electron chi connectivity index (χ3n) is 2.89. The van der Waals surface area contributed by atoms with Gasteiger partial charge in [-0.1, -0.05) is 37.0 Å². The number of hydrogen-bond donors (Lipinski definition) is 2. The van der Waals surface area contributed by atoms with E-state index in [1.807, 2.05) is 19.9 Å². The van der Waals surface area contributed by atoms with Gasteiger partial charge in [-0.25, -0.2) is 0 Å². The molecule has 0 unspecified atom stereocenters. The third-order valence-corrected chi connectivity index (χ3v) is 3.42. The van der Waals surface area contributed by atoms with Crippen molar-refractivity contribution < 1.29 is 9.94 Å². The van der Waals surface area contributed by atoms with E-state index in [4.69, 9.17) is 33.1 Å². The molecule has 0 saturated heterocycles.